The minimum absolute atomic E-state index is 0. The molecule has 2 rings (SSSR count). The zero-order valence-corrected chi connectivity index (χ0v) is 9.67. The van der Waals surface area contributed by atoms with Crippen LogP contribution in [0.2, 0.25) is 0 Å². The van der Waals surface area contributed by atoms with Crippen LogP contribution in [0.3, 0.4) is 0 Å². The average Bonchev–Trinajstić information content (AvgIpc) is 2.48. The van der Waals surface area contributed by atoms with Crippen molar-refractivity contribution in [3.63, 3.8) is 0 Å². The van der Waals surface area contributed by atoms with Gasteiger partial charge in [-0.1, -0.05) is 12.1 Å². The summed E-state index contributed by atoms with van der Waals surface area (Å²) in [4.78, 5) is 0. The van der Waals surface area contributed by atoms with Crippen LogP contribution in [-0.4, -0.2) is 17.8 Å². The van der Waals surface area contributed by atoms with E-state index in [1.54, 1.807) is 12.1 Å². The van der Waals surface area contributed by atoms with Gasteiger partial charge in [0, 0.05) is 6.04 Å². The SMILES string of the molecule is CC1COC(C)(c2ccc(O)cc2)N1.Cl. The number of ether oxygens (including phenoxy) is 1. The van der Waals surface area contributed by atoms with Gasteiger partial charge in [0.15, 0.2) is 0 Å². The van der Waals surface area contributed by atoms with Crippen LogP contribution in [0.15, 0.2) is 24.3 Å². The predicted octanol–water partition coefficient (Wildman–Crippen LogP) is 1.99. The molecule has 0 bridgehead atoms. The van der Waals surface area contributed by atoms with Gasteiger partial charge < -0.3 is 9.84 Å². The van der Waals surface area contributed by atoms with E-state index in [0.29, 0.717) is 6.04 Å². The topological polar surface area (TPSA) is 41.5 Å². The number of phenolic OH excluding ortho intramolecular Hbond substituents is 1. The van der Waals surface area contributed by atoms with Crippen LogP contribution < -0.4 is 5.32 Å². The Morgan fingerprint density at radius 3 is 2.47 bits per heavy atom. The first-order valence-corrected chi connectivity index (χ1v) is 4.81. The summed E-state index contributed by atoms with van der Waals surface area (Å²) < 4.78 is 5.69. The molecule has 84 valence electrons. The fraction of sp³-hybridized carbons (Fsp3) is 0.455. The summed E-state index contributed by atoms with van der Waals surface area (Å²) in [5.41, 5.74) is 0.632. The van der Waals surface area contributed by atoms with E-state index >= 15 is 0 Å². The van der Waals surface area contributed by atoms with Gasteiger partial charge in [-0.15, -0.1) is 12.4 Å². The quantitative estimate of drug-likeness (QED) is 0.774. The number of hydrogen-bond acceptors (Lipinski definition) is 3. The van der Waals surface area contributed by atoms with Crippen molar-refractivity contribution in [3.8, 4) is 5.75 Å². The van der Waals surface area contributed by atoms with E-state index in [4.69, 9.17) is 4.74 Å². The largest absolute Gasteiger partial charge is 0.508 e. The van der Waals surface area contributed by atoms with Crippen LogP contribution in [0.5, 0.6) is 5.75 Å². The molecule has 1 aromatic carbocycles. The molecule has 1 saturated heterocycles. The molecule has 0 aliphatic carbocycles. The highest BCUT2D eigenvalue weighted by Crippen LogP contribution is 2.28. The molecule has 0 spiro atoms. The fourth-order valence-electron chi connectivity index (χ4n) is 1.79. The number of rotatable bonds is 1. The lowest BCUT2D eigenvalue weighted by atomic mass is 10.0. The first-order valence-electron chi connectivity index (χ1n) is 4.81. The molecule has 15 heavy (non-hydrogen) atoms. The van der Waals surface area contributed by atoms with Crippen LogP contribution in [0.4, 0.5) is 0 Å². The molecule has 2 atom stereocenters. The van der Waals surface area contributed by atoms with Gasteiger partial charge >= 0.3 is 0 Å². The Balaban J connectivity index is 0.00000112. The van der Waals surface area contributed by atoms with E-state index in [1.807, 2.05) is 19.1 Å². The Hall–Kier alpha value is -0.770. The molecule has 2 N–H and O–H groups in total. The van der Waals surface area contributed by atoms with Gasteiger partial charge in [0.05, 0.1) is 6.61 Å². The molecule has 1 aliphatic heterocycles. The number of halogens is 1. The maximum atomic E-state index is 9.17. The van der Waals surface area contributed by atoms with Crippen LogP contribution >= 0.6 is 12.4 Å². The molecule has 2 unspecified atom stereocenters. The second-order valence-electron chi connectivity index (χ2n) is 3.94. The number of phenols is 1. The van der Waals surface area contributed by atoms with Gasteiger partial charge in [-0.05, 0) is 31.5 Å². The number of hydrogen-bond donors (Lipinski definition) is 2. The maximum absolute atomic E-state index is 9.17. The molecule has 0 saturated carbocycles. The molecule has 1 aliphatic rings. The van der Waals surface area contributed by atoms with E-state index in [9.17, 15) is 5.11 Å². The van der Waals surface area contributed by atoms with Gasteiger partial charge in [0.2, 0.25) is 0 Å². The summed E-state index contributed by atoms with van der Waals surface area (Å²) in [7, 11) is 0. The minimum Gasteiger partial charge on any atom is -0.508 e. The standard InChI is InChI=1S/C11H15NO2.ClH/c1-8-7-14-11(2,12-8)9-3-5-10(13)6-4-9;/h3-6,8,12-13H,7H2,1-2H3;1H. The first kappa shape index (κ1) is 12.3. The molecule has 1 heterocycles. The van der Waals surface area contributed by atoms with Gasteiger partial charge in [0.25, 0.3) is 0 Å². The summed E-state index contributed by atoms with van der Waals surface area (Å²) in [5, 5.41) is 12.5. The Labute approximate surface area is 95.9 Å². The molecule has 0 aromatic heterocycles. The monoisotopic (exact) mass is 229 g/mol. The Morgan fingerprint density at radius 1 is 1.40 bits per heavy atom. The van der Waals surface area contributed by atoms with Crippen molar-refractivity contribution in [2.75, 3.05) is 6.61 Å². The number of nitrogens with one attached hydrogen (secondary N) is 1. The molecule has 4 heteroatoms. The summed E-state index contributed by atoms with van der Waals surface area (Å²) in [6.45, 7) is 4.81. The van der Waals surface area contributed by atoms with Gasteiger partial charge in [0.1, 0.15) is 11.5 Å². The van der Waals surface area contributed by atoms with E-state index in [2.05, 4.69) is 12.2 Å². The van der Waals surface area contributed by atoms with Crippen molar-refractivity contribution < 1.29 is 9.84 Å². The van der Waals surface area contributed by atoms with Gasteiger partial charge in [-0.25, -0.2) is 0 Å². The van der Waals surface area contributed by atoms with Crippen molar-refractivity contribution >= 4 is 12.4 Å². The molecule has 1 fully saturated rings. The Bertz CT molecular complexity index is 328. The van der Waals surface area contributed by atoms with E-state index < -0.39 is 5.72 Å². The van der Waals surface area contributed by atoms with E-state index in [-0.39, 0.29) is 18.2 Å². The fourth-order valence-corrected chi connectivity index (χ4v) is 1.79. The molecular weight excluding hydrogens is 214 g/mol. The first-order chi connectivity index (χ1) is 6.60. The van der Waals surface area contributed by atoms with Gasteiger partial charge in [-0.2, -0.15) is 0 Å². The number of benzene rings is 1. The Kier molecular flexibility index (Phi) is 3.60. The zero-order chi connectivity index (χ0) is 10.2. The molecule has 0 amide bonds. The lowest BCUT2D eigenvalue weighted by molar-refractivity contribution is 0.00235. The summed E-state index contributed by atoms with van der Waals surface area (Å²) >= 11 is 0. The van der Waals surface area contributed by atoms with Gasteiger partial charge in [-0.3, -0.25) is 5.32 Å². The average molecular weight is 230 g/mol. The smallest absolute Gasteiger partial charge is 0.142 e. The third-order valence-corrected chi connectivity index (χ3v) is 2.56. The number of aromatic hydroxyl groups is 1. The van der Waals surface area contributed by atoms with E-state index in [1.165, 1.54) is 0 Å². The van der Waals surface area contributed by atoms with Crippen LogP contribution in [0.1, 0.15) is 19.4 Å². The van der Waals surface area contributed by atoms with Crippen molar-refractivity contribution in [1.29, 1.82) is 0 Å². The highest BCUT2D eigenvalue weighted by Gasteiger charge is 2.34. The van der Waals surface area contributed by atoms with Crippen molar-refractivity contribution in [2.24, 2.45) is 0 Å². The summed E-state index contributed by atoms with van der Waals surface area (Å²) in [5.74, 6) is 0.281. The highest BCUT2D eigenvalue weighted by molar-refractivity contribution is 5.85. The lowest BCUT2D eigenvalue weighted by Gasteiger charge is -2.24. The second-order valence-corrected chi connectivity index (χ2v) is 3.94. The van der Waals surface area contributed by atoms with Crippen LogP contribution in [-0.2, 0) is 10.5 Å². The van der Waals surface area contributed by atoms with Crippen molar-refractivity contribution in [3.05, 3.63) is 29.8 Å². The van der Waals surface area contributed by atoms with E-state index in [0.717, 1.165) is 12.2 Å². The summed E-state index contributed by atoms with van der Waals surface area (Å²) in [6, 6.07) is 7.47. The van der Waals surface area contributed by atoms with Crippen LogP contribution in [0.25, 0.3) is 0 Å². The van der Waals surface area contributed by atoms with Crippen LogP contribution in [0, 0.1) is 0 Å². The lowest BCUT2D eigenvalue weighted by Crippen LogP contribution is -2.37. The highest BCUT2D eigenvalue weighted by atomic mass is 35.5. The van der Waals surface area contributed by atoms with Crippen molar-refractivity contribution in [1.82, 2.24) is 5.32 Å². The molecule has 0 radical (unpaired) electrons. The third-order valence-electron chi connectivity index (χ3n) is 2.56. The molecule has 1 aromatic rings. The third kappa shape index (κ3) is 2.43. The zero-order valence-electron chi connectivity index (χ0n) is 8.86. The second kappa shape index (κ2) is 4.39. The minimum atomic E-state index is -0.410. The predicted molar refractivity (Wildman–Crippen MR) is 61.3 cm³/mol. The summed E-state index contributed by atoms with van der Waals surface area (Å²) in [6.07, 6.45) is 0. The maximum Gasteiger partial charge on any atom is 0.142 e. The van der Waals surface area contributed by atoms with Crippen molar-refractivity contribution in [2.45, 2.75) is 25.6 Å². The molecule has 3 nitrogen and oxygen atoms in total. The molecular formula is C11H16ClNO2. The Morgan fingerprint density at radius 2 is 2.00 bits per heavy atom. The normalized spacial score (nSPS) is 29.9.